The lowest BCUT2D eigenvalue weighted by molar-refractivity contribution is -0.138. The number of benzene rings is 2. The summed E-state index contributed by atoms with van der Waals surface area (Å²) in [6.07, 6.45) is 1.61. The summed E-state index contributed by atoms with van der Waals surface area (Å²) in [5, 5.41) is 33.2. The lowest BCUT2D eigenvalue weighted by Gasteiger charge is -2.44. The van der Waals surface area contributed by atoms with E-state index < -0.39 is 17.5 Å². The van der Waals surface area contributed by atoms with Crippen LogP contribution in [0.3, 0.4) is 0 Å². The van der Waals surface area contributed by atoms with Gasteiger partial charge in [-0.2, -0.15) is 0 Å². The number of rotatable bonds is 12. The van der Waals surface area contributed by atoms with Gasteiger partial charge in [0, 0.05) is 63.8 Å². The molecule has 0 aliphatic carbocycles. The number of piperidine rings is 1. The number of amides is 2. The van der Waals surface area contributed by atoms with Crippen molar-refractivity contribution in [2.24, 2.45) is 5.92 Å². The molecule has 0 bridgehead atoms. The number of piperazine rings is 1. The molecule has 9 nitrogen and oxygen atoms in total. The minimum atomic E-state index is -1.48. The molecule has 2 saturated heterocycles. The Morgan fingerprint density at radius 1 is 1.07 bits per heavy atom. The molecule has 42 heavy (non-hydrogen) atoms. The number of carbonyl (C=O) groups is 2. The quantitative estimate of drug-likeness (QED) is 0.283. The van der Waals surface area contributed by atoms with Crippen molar-refractivity contribution in [1.82, 2.24) is 20.0 Å². The summed E-state index contributed by atoms with van der Waals surface area (Å²) in [7, 11) is 0. The van der Waals surface area contributed by atoms with Gasteiger partial charge < -0.3 is 25.5 Å². The van der Waals surface area contributed by atoms with Gasteiger partial charge in [0.1, 0.15) is 5.82 Å². The van der Waals surface area contributed by atoms with Crippen LogP contribution in [-0.2, 0) is 16.8 Å². The van der Waals surface area contributed by atoms with E-state index in [1.165, 1.54) is 6.07 Å². The first-order valence-electron chi connectivity index (χ1n) is 15.2. The minimum Gasteiger partial charge on any atom is -0.465 e. The maximum atomic E-state index is 15.6. The van der Waals surface area contributed by atoms with Crippen LogP contribution in [0.5, 0.6) is 0 Å². The van der Waals surface area contributed by atoms with E-state index in [4.69, 9.17) is 5.11 Å². The third-order valence-corrected chi connectivity index (χ3v) is 8.80. The average Bonchev–Trinajstić information content (AvgIpc) is 3.00. The van der Waals surface area contributed by atoms with Crippen molar-refractivity contribution in [3.63, 3.8) is 0 Å². The number of carboxylic acid groups (broad SMARTS) is 1. The first-order valence-corrected chi connectivity index (χ1v) is 15.2. The second-order valence-electron chi connectivity index (χ2n) is 11.5. The third kappa shape index (κ3) is 7.86. The molecule has 0 saturated carbocycles. The van der Waals surface area contributed by atoms with Gasteiger partial charge in [-0.05, 0) is 54.9 Å². The number of likely N-dealkylation sites (tertiary alicyclic amines) is 1. The van der Waals surface area contributed by atoms with Crippen molar-refractivity contribution < 1.29 is 29.3 Å². The number of β-amino-alcohol motifs (C(OH)–C–C–N with tert-alkyl or cyclic N) is 1. The molecule has 4 N–H and O–H groups in total. The minimum absolute atomic E-state index is 0.0142. The van der Waals surface area contributed by atoms with E-state index in [-0.39, 0.29) is 31.4 Å². The van der Waals surface area contributed by atoms with Crippen molar-refractivity contribution in [1.29, 1.82) is 0 Å². The Bertz CT molecular complexity index is 1210. The van der Waals surface area contributed by atoms with Gasteiger partial charge in [0.2, 0.25) is 5.91 Å². The van der Waals surface area contributed by atoms with E-state index in [0.717, 1.165) is 38.2 Å². The van der Waals surface area contributed by atoms with E-state index in [2.05, 4.69) is 15.1 Å². The molecule has 2 aliphatic rings. The molecule has 0 spiro atoms. The lowest BCUT2D eigenvalue weighted by atomic mass is 9.72. The molecule has 2 fully saturated rings. The standard InChI is InChI=1S/C32H45FN4O5/c1-2-24-7-3-8-25(21-24)30-27(10-4-11-28(30)33)32(42,12-6-13-34-31(40)41)26-9-5-14-37(22-26)29(39)23-36-17-15-35(16-18-36)19-20-38/h3-4,7-8,10-11,21,26,34,38,42H,2,5-6,9,12-20,22-23H2,1H3,(H,40,41)/t26-,32+/m1/s1. The molecule has 2 aromatic carbocycles. The molecule has 2 heterocycles. The Morgan fingerprint density at radius 2 is 1.81 bits per heavy atom. The summed E-state index contributed by atoms with van der Waals surface area (Å²) in [5.74, 6) is -0.761. The summed E-state index contributed by atoms with van der Waals surface area (Å²) < 4.78 is 15.6. The van der Waals surface area contributed by atoms with Crippen molar-refractivity contribution >= 4 is 12.0 Å². The second-order valence-corrected chi connectivity index (χ2v) is 11.5. The Balaban J connectivity index is 1.59. The van der Waals surface area contributed by atoms with Crippen LogP contribution < -0.4 is 5.32 Å². The maximum Gasteiger partial charge on any atom is 0.404 e. The molecule has 2 amide bonds. The van der Waals surface area contributed by atoms with Crippen LogP contribution in [0.25, 0.3) is 11.1 Å². The van der Waals surface area contributed by atoms with E-state index in [1.54, 1.807) is 12.1 Å². The van der Waals surface area contributed by atoms with E-state index in [1.807, 2.05) is 36.1 Å². The molecule has 2 atom stereocenters. The van der Waals surface area contributed by atoms with Gasteiger partial charge >= 0.3 is 6.09 Å². The smallest absolute Gasteiger partial charge is 0.404 e. The van der Waals surface area contributed by atoms with Gasteiger partial charge in [0.25, 0.3) is 0 Å². The van der Waals surface area contributed by atoms with Crippen molar-refractivity contribution in [3.05, 3.63) is 59.4 Å². The summed E-state index contributed by atoms with van der Waals surface area (Å²) >= 11 is 0. The van der Waals surface area contributed by atoms with E-state index >= 15 is 4.39 Å². The zero-order valence-corrected chi connectivity index (χ0v) is 24.6. The fourth-order valence-corrected chi connectivity index (χ4v) is 6.43. The van der Waals surface area contributed by atoms with Crippen LogP contribution in [-0.4, -0.2) is 108 Å². The second kappa shape index (κ2) is 14.9. The predicted octanol–water partition coefficient (Wildman–Crippen LogP) is 3.14. The molecule has 0 aromatic heterocycles. The average molecular weight is 585 g/mol. The molecule has 2 aliphatic heterocycles. The number of hydrogen-bond donors (Lipinski definition) is 4. The Labute approximate surface area is 247 Å². The van der Waals surface area contributed by atoms with Crippen LogP contribution in [0.4, 0.5) is 9.18 Å². The van der Waals surface area contributed by atoms with Crippen molar-refractivity contribution in [3.8, 4) is 11.1 Å². The Hall–Kier alpha value is -3.05. The van der Waals surface area contributed by atoms with E-state index in [9.17, 15) is 19.8 Å². The maximum absolute atomic E-state index is 15.6. The van der Waals surface area contributed by atoms with Gasteiger partial charge in [-0.25, -0.2) is 9.18 Å². The first kappa shape index (κ1) is 31.9. The molecular weight excluding hydrogens is 539 g/mol. The summed E-state index contributed by atoms with van der Waals surface area (Å²) in [6, 6.07) is 12.5. The number of aliphatic hydroxyl groups excluding tert-OH is 1. The zero-order chi connectivity index (χ0) is 30.1. The Morgan fingerprint density at radius 3 is 2.52 bits per heavy atom. The van der Waals surface area contributed by atoms with E-state index in [0.29, 0.717) is 62.1 Å². The van der Waals surface area contributed by atoms with Gasteiger partial charge in [0.15, 0.2) is 0 Å². The summed E-state index contributed by atoms with van der Waals surface area (Å²) in [4.78, 5) is 30.7. The van der Waals surface area contributed by atoms with Crippen LogP contribution in [0, 0.1) is 11.7 Å². The highest BCUT2D eigenvalue weighted by atomic mass is 19.1. The SMILES string of the molecule is CCc1cccc(-c2c(F)cccc2[C@](O)(CCCNC(=O)O)[C@@H]2CCCN(C(=O)CN3CCN(CCO)CC3)C2)c1. The third-order valence-electron chi connectivity index (χ3n) is 8.80. The summed E-state index contributed by atoms with van der Waals surface area (Å²) in [6.45, 7) is 7.34. The fourth-order valence-electron chi connectivity index (χ4n) is 6.43. The van der Waals surface area contributed by atoms with Crippen LogP contribution in [0.15, 0.2) is 42.5 Å². The number of hydrogen-bond acceptors (Lipinski definition) is 6. The van der Waals surface area contributed by atoms with Crippen molar-refractivity contribution in [2.75, 3.05) is 65.5 Å². The molecule has 10 heteroatoms. The zero-order valence-electron chi connectivity index (χ0n) is 24.6. The van der Waals surface area contributed by atoms with Crippen LogP contribution in [0.1, 0.15) is 43.7 Å². The largest absolute Gasteiger partial charge is 0.465 e. The molecule has 2 aromatic rings. The molecule has 0 radical (unpaired) electrons. The topological polar surface area (TPSA) is 117 Å². The monoisotopic (exact) mass is 584 g/mol. The van der Waals surface area contributed by atoms with Crippen LogP contribution >= 0.6 is 0 Å². The number of halogens is 1. The molecular formula is C32H45FN4O5. The number of carbonyl (C=O) groups excluding carboxylic acids is 1. The number of aryl methyl sites for hydroxylation is 1. The van der Waals surface area contributed by atoms with Gasteiger partial charge in [-0.1, -0.05) is 43.3 Å². The summed E-state index contributed by atoms with van der Waals surface area (Å²) in [5.41, 5.74) is 1.10. The number of nitrogens with zero attached hydrogens (tertiary/aromatic N) is 3. The first-order chi connectivity index (χ1) is 20.2. The van der Waals surface area contributed by atoms with Gasteiger partial charge in [-0.15, -0.1) is 0 Å². The van der Waals surface area contributed by atoms with Crippen LogP contribution in [0.2, 0.25) is 0 Å². The highest BCUT2D eigenvalue weighted by Crippen LogP contribution is 2.44. The van der Waals surface area contributed by atoms with Gasteiger partial charge in [0.05, 0.1) is 18.8 Å². The number of nitrogens with one attached hydrogen (secondary N) is 1. The fraction of sp³-hybridized carbons (Fsp3) is 0.562. The molecule has 4 rings (SSSR count). The molecule has 0 unspecified atom stereocenters. The normalized spacial score (nSPS) is 19.8. The number of aliphatic hydroxyl groups is 2. The molecule has 230 valence electrons. The van der Waals surface area contributed by atoms with Crippen molar-refractivity contribution in [2.45, 2.75) is 44.6 Å². The predicted molar refractivity (Wildman–Crippen MR) is 160 cm³/mol. The van der Waals surface area contributed by atoms with Gasteiger partial charge in [-0.3, -0.25) is 14.6 Å². The lowest BCUT2D eigenvalue weighted by Crippen LogP contribution is -2.53. The highest BCUT2D eigenvalue weighted by Gasteiger charge is 2.43. The Kier molecular flexibility index (Phi) is 11.3. The highest BCUT2D eigenvalue weighted by molar-refractivity contribution is 5.78.